The third kappa shape index (κ3) is 4.94. The molecule has 1 N–H and O–H groups in total. The van der Waals surface area contributed by atoms with Crippen LogP contribution >= 0.6 is 23.2 Å². The Morgan fingerprint density at radius 3 is 2.57 bits per heavy atom. The molecule has 2 rings (SSSR count). The molecular formula is C16H12Cl2FNO3. The molecule has 0 aliphatic carbocycles. The number of hydrogen-bond acceptors (Lipinski definition) is 3. The van der Waals surface area contributed by atoms with E-state index in [4.69, 9.17) is 27.9 Å². The highest BCUT2D eigenvalue weighted by molar-refractivity contribution is 6.33. The van der Waals surface area contributed by atoms with Gasteiger partial charge in [0.1, 0.15) is 11.4 Å². The van der Waals surface area contributed by atoms with Crippen molar-refractivity contribution >= 4 is 35.1 Å². The van der Waals surface area contributed by atoms with Crippen LogP contribution in [0.15, 0.2) is 42.5 Å². The molecule has 4 nitrogen and oxygen atoms in total. The zero-order valence-corrected chi connectivity index (χ0v) is 13.3. The SMILES string of the molecule is O=C(COC(=O)c1c(F)cccc1Cl)NCc1cccc(Cl)c1. The van der Waals surface area contributed by atoms with Gasteiger partial charge < -0.3 is 10.1 Å². The van der Waals surface area contributed by atoms with Crippen molar-refractivity contribution in [3.05, 3.63) is 69.5 Å². The molecule has 0 saturated heterocycles. The number of amides is 1. The maximum absolute atomic E-state index is 13.5. The molecule has 0 heterocycles. The van der Waals surface area contributed by atoms with Crippen LogP contribution in [0.1, 0.15) is 15.9 Å². The highest BCUT2D eigenvalue weighted by Gasteiger charge is 2.18. The molecule has 0 aliphatic rings. The molecule has 1 amide bonds. The number of nitrogens with one attached hydrogen (secondary N) is 1. The Morgan fingerprint density at radius 1 is 1.13 bits per heavy atom. The van der Waals surface area contributed by atoms with Crippen LogP contribution in [0.4, 0.5) is 4.39 Å². The van der Waals surface area contributed by atoms with Gasteiger partial charge in [0.25, 0.3) is 5.91 Å². The van der Waals surface area contributed by atoms with E-state index < -0.39 is 29.9 Å². The van der Waals surface area contributed by atoms with E-state index in [1.807, 2.05) is 0 Å². The molecule has 2 aromatic rings. The normalized spacial score (nSPS) is 10.2. The Hall–Kier alpha value is -2.11. The molecule has 0 aliphatic heterocycles. The van der Waals surface area contributed by atoms with Crippen LogP contribution in [0.5, 0.6) is 0 Å². The topological polar surface area (TPSA) is 55.4 Å². The summed E-state index contributed by atoms with van der Waals surface area (Å²) >= 11 is 11.6. The average molecular weight is 356 g/mol. The van der Waals surface area contributed by atoms with Gasteiger partial charge in [-0.25, -0.2) is 9.18 Å². The standard InChI is InChI=1S/C16H12Cl2FNO3/c17-11-4-1-3-10(7-11)8-20-14(21)9-23-16(22)15-12(18)5-2-6-13(15)19/h1-7H,8-9H2,(H,20,21). The van der Waals surface area contributed by atoms with Crippen molar-refractivity contribution in [3.8, 4) is 0 Å². The lowest BCUT2D eigenvalue weighted by Gasteiger charge is -2.08. The highest BCUT2D eigenvalue weighted by atomic mass is 35.5. The molecule has 2 aromatic carbocycles. The molecule has 0 fully saturated rings. The lowest BCUT2D eigenvalue weighted by atomic mass is 10.2. The Labute approximate surface area is 142 Å². The van der Waals surface area contributed by atoms with Gasteiger partial charge in [-0.15, -0.1) is 0 Å². The number of carbonyl (C=O) groups excluding carboxylic acids is 2. The first-order valence-electron chi connectivity index (χ1n) is 6.59. The molecule has 0 unspecified atom stereocenters. The third-order valence-electron chi connectivity index (χ3n) is 2.88. The molecule has 0 saturated carbocycles. The van der Waals surface area contributed by atoms with Gasteiger partial charge in [0.2, 0.25) is 0 Å². The Bertz CT molecular complexity index is 717. The van der Waals surface area contributed by atoms with Crippen LogP contribution in [-0.4, -0.2) is 18.5 Å². The summed E-state index contributed by atoms with van der Waals surface area (Å²) in [5, 5.41) is 3.04. The number of ether oxygens (including phenoxy) is 1. The van der Waals surface area contributed by atoms with Crippen LogP contribution in [-0.2, 0) is 16.1 Å². The van der Waals surface area contributed by atoms with Gasteiger partial charge in [0.15, 0.2) is 6.61 Å². The first-order valence-corrected chi connectivity index (χ1v) is 7.35. The van der Waals surface area contributed by atoms with E-state index in [0.717, 1.165) is 11.6 Å². The summed E-state index contributed by atoms with van der Waals surface area (Å²) in [7, 11) is 0. The van der Waals surface area contributed by atoms with Gasteiger partial charge in [-0.2, -0.15) is 0 Å². The third-order valence-corrected chi connectivity index (χ3v) is 3.43. The van der Waals surface area contributed by atoms with Crippen molar-refractivity contribution in [2.45, 2.75) is 6.54 Å². The van der Waals surface area contributed by atoms with Crippen LogP contribution in [0.2, 0.25) is 10.0 Å². The summed E-state index contributed by atoms with van der Waals surface area (Å²) in [4.78, 5) is 23.4. The number of esters is 1. The summed E-state index contributed by atoms with van der Waals surface area (Å²) in [6.45, 7) is -0.304. The van der Waals surface area contributed by atoms with Gasteiger partial charge in [0, 0.05) is 11.6 Å². The summed E-state index contributed by atoms with van der Waals surface area (Å²) < 4.78 is 18.3. The van der Waals surface area contributed by atoms with Crippen LogP contribution < -0.4 is 5.32 Å². The number of benzene rings is 2. The molecule has 0 spiro atoms. The number of carbonyl (C=O) groups is 2. The Kier molecular flexibility index (Phi) is 5.96. The van der Waals surface area contributed by atoms with E-state index >= 15 is 0 Å². The van der Waals surface area contributed by atoms with Crippen LogP contribution in [0.3, 0.4) is 0 Å². The first kappa shape index (κ1) is 17.2. The van der Waals surface area contributed by atoms with E-state index in [9.17, 15) is 14.0 Å². The molecule has 23 heavy (non-hydrogen) atoms. The Balaban J connectivity index is 1.86. The lowest BCUT2D eigenvalue weighted by Crippen LogP contribution is -2.28. The van der Waals surface area contributed by atoms with Gasteiger partial charge >= 0.3 is 5.97 Å². The van der Waals surface area contributed by atoms with Crippen LogP contribution in [0.25, 0.3) is 0 Å². The fourth-order valence-corrected chi connectivity index (χ4v) is 2.25. The minimum atomic E-state index is -0.994. The molecule has 0 aromatic heterocycles. The van der Waals surface area contributed by atoms with Crippen molar-refractivity contribution in [2.75, 3.05) is 6.61 Å². The van der Waals surface area contributed by atoms with E-state index in [-0.39, 0.29) is 11.6 Å². The quantitative estimate of drug-likeness (QED) is 0.833. The lowest BCUT2D eigenvalue weighted by molar-refractivity contribution is -0.124. The monoisotopic (exact) mass is 355 g/mol. The zero-order valence-electron chi connectivity index (χ0n) is 11.8. The summed E-state index contributed by atoms with van der Waals surface area (Å²) in [6, 6.07) is 10.8. The van der Waals surface area contributed by atoms with E-state index in [1.54, 1.807) is 24.3 Å². The predicted molar refractivity (Wildman–Crippen MR) is 85.0 cm³/mol. The van der Waals surface area contributed by atoms with Crippen molar-refractivity contribution in [1.82, 2.24) is 5.32 Å². The smallest absolute Gasteiger partial charge is 0.343 e. The molecule has 7 heteroatoms. The summed E-state index contributed by atoms with van der Waals surface area (Å²) in [5.74, 6) is -2.32. The molecule has 0 radical (unpaired) electrons. The van der Waals surface area contributed by atoms with Crippen molar-refractivity contribution in [2.24, 2.45) is 0 Å². The fraction of sp³-hybridized carbons (Fsp3) is 0.125. The minimum Gasteiger partial charge on any atom is -0.452 e. The van der Waals surface area contributed by atoms with E-state index in [2.05, 4.69) is 5.32 Å². The molecular weight excluding hydrogens is 344 g/mol. The van der Waals surface area contributed by atoms with E-state index in [1.165, 1.54) is 12.1 Å². The molecule has 0 atom stereocenters. The second-order valence-electron chi connectivity index (χ2n) is 4.58. The second-order valence-corrected chi connectivity index (χ2v) is 5.42. The maximum Gasteiger partial charge on any atom is 0.343 e. The number of rotatable bonds is 5. The van der Waals surface area contributed by atoms with Crippen molar-refractivity contribution in [1.29, 1.82) is 0 Å². The number of hydrogen-bond donors (Lipinski definition) is 1. The van der Waals surface area contributed by atoms with Gasteiger partial charge in [-0.3, -0.25) is 4.79 Å². The predicted octanol–water partition coefficient (Wildman–Crippen LogP) is 3.61. The summed E-state index contributed by atoms with van der Waals surface area (Å²) in [6.07, 6.45) is 0. The highest BCUT2D eigenvalue weighted by Crippen LogP contribution is 2.19. The first-order chi connectivity index (χ1) is 11.0. The summed E-state index contributed by atoms with van der Waals surface area (Å²) in [5.41, 5.74) is 0.408. The van der Waals surface area contributed by atoms with Crippen LogP contribution in [0, 0.1) is 5.82 Å². The van der Waals surface area contributed by atoms with Crippen molar-refractivity contribution < 1.29 is 18.7 Å². The van der Waals surface area contributed by atoms with Gasteiger partial charge in [0.05, 0.1) is 5.02 Å². The molecule has 120 valence electrons. The number of halogens is 3. The van der Waals surface area contributed by atoms with Gasteiger partial charge in [-0.05, 0) is 29.8 Å². The largest absolute Gasteiger partial charge is 0.452 e. The average Bonchev–Trinajstić information content (AvgIpc) is 2.51. The van der Waals surface area contributed by atoms with Crippen molar-refractivity contribution in [3.63, 3.8) is 0 Å². The minimum absolute atomic E-state index is 0.0747. The second kappa shape index (κ2) is 7.94. The Morgan fingerprint density at radius 2 is 1.87 bits per heavy atom. The molecule has 0 bridgehead atoms. The van der Waals surface area contributed by atoms with E-state index in [0.29, 0.717) is 5.02 Å². The fourth-order valence-electron chi connectivity index (χ4n) is 1.79. The maximum atomic E-state index is 13.5. The zero-order chi connectivity index (χ0) is 16.8. The van der Waals surface area contributed by atoms with Gasteiger partial charge in [-0.1, -0.05) is 41.4 Å².